The predicted octanol–water partition coefficient (Wildman–Crippen LogP) is 2.33. The second-order valence-corrected chi connectivity index (χ2v) is 4.10. The molecule has 2 aromatic rings. The van der Waals surface area contributed by atoms with Crippen LogP contribution in [0.2, 0.25) is 0 Å². The summed E-state index contributed by atoms with van der Waals surface area (Å²) in [6, 6.07) is 3.77. The topological polar surface area (TPSA) is 39.9 Å². The second-order valence-electron chi connectivity index (χ2n) is 4.10. The molecule has 3 rings (SSSR count). The van der Waals surface area contributed by atoms with E-state index in [9.17, 15) is 4.39 Å². The summed E-state index contributed by atoms with van der Waals surface area (Å²) in [5.41, 5.74) is 0.968. The van der Waals surface area contributed by atoms with Crippen molar-refractivity contribution >= 4 is 0 Å². The molecule has 2 aromatic heterocycles. The van der Waals surface area contributed by atoms with Gasteiger partial charge in [-0.2, -0.15) is 4.39 Å². The Morgan fingerprint density at radius 1 is 1.47 bits per heavy atom. The number of pyridine rings is 1. The Hall–Kier alpha value is -1.91. The third kappa shape index (κ3) is 2.13. The first kappa shape index (κ1) is 10.3. The van der Waals surface area contributed by atoms with E-state index >= 15 is 0 Å². The van der Waals surface area contributed by atoms with Gasteiger partial charge in [-0.3, -0.25) is 0 Å². The van der Waals surface area contributed by atoms with Gasteiger partial charge >= 0.3 is 0 Å². The molecule has 4 nitrogen and oxygen atoms in total. The first-order chi connectivity index (χ1) is 8.34. The summed E-state index contributed by atoms with van der Waals surface area (Å²) in [5, 5.41) is 0. The molecule has 0 amide bonds. The molecule has 0 bridgehead atoms. The van der Waals surface area contributed by atoms with E-state index in [0.29, 0.717) is 12.6 Å². The molecule has 1 aliphatic carbocycles. The van der Waals surface area contributed by atoms with Crippen molar-refractivity contribution in [1.82, 2.24) is 14.5 Å². The largest absolute Gasteiger partial charge is 0.483 e. The van der Waals surface area contributed by atoms with Crippen LogP contribution in [0.3, 0.4) is 0 Å². The van der Waals surface area contributed by atoms with Crippen molar-refractivity contribution in [2.24, 2.45) is 0 Å². The van der Waals surface area contributed by atoms with E-state index in [0.717, 1.165) is 5.69 Å². The minimum absolute atomic E-state index is 0.177. The average Bonchev–Trinajstić information content (AvgIpc) is 3.08. The summed E-state index contributed by atoms with van der Waals surface area (Å²) >= 11 is 0. The van der Waals surface area contributed by atoms with Crippen LogP contribution in [-0.4, -0.2) is 14.5 Å². The highest BCUT2D eigenvalue weighted by molar-refractivity contribution is 5.18. The number of imidazole rings is 1. The van der Waals surface area contributed by atoms with Crippen LogP contribution < -0.4 is 4.74 Å². The molecule has 88 valence electrons. The molecule has 0 aromatic carbocycles. The zero-order chi connectivity index (χ0) is 11.7. The van der Waals surface area contributed by atoms with Crippen molar-refractivity contribution < 1.29 is 9.13 Å². The molecule has 0 saturated heterocycles. The first-order valence-electron chi connectivity index (χ1n) is 5.58. The normalized spacial score (nSPS) is 14.9. The summed E-state index contributed by atoms with van der Waals surface area (Å²) in [5.74, 6) is -0.402. The highest BCUT2D eigenvalue weighted by Crippen LogP contribution is 2.35. The highest BCUT2D eigenvalue weighted by Gasteiger charge is 2.25. The SMILES string of the molecule is Fc1ncccc1OCc1cncn1C1CC1. The van der Waals surface area contributed by atoms with E-state index in [-0.39, 0.29) is 5.75 Å². The van der Waals surface area contributed by atoms with Gasteiger partial charge in [-0.25, -0.2) is 9.97 Å². The molecule has 0 radical (unpaired) electrons. The lowest BCUT2D eigenvalue weighted by molar-refractivity contribution is 0.276. The Labute approximate surface area is 98.1 Å². The maximum absolute atomic E-state index is 13.2. The van der Waals surface area contributed by atoms with Crippen LogP contribution in [0, 0.1) is 5.95 Å². The maximum Gasteiger partial charge on any atom is 0.255 e. The van der Waals surface area contributed by atoms with Gasteiger partial charge in [0.1, 0.15) is 6.61 Å². The van der Waals surface area contributed by atoms with Gasteiger partial charge in [0, 0.05) is 12.2 Å². The number of rotatable bonds is 4. The average molecular weight is 233 g/mol. The molecule has 0 aliphatic heterocycles. The predicted molar refractivity (Wildman–Crippen MR) is 59.0 cm³/mol. The number of halogens is 1. The quantitative estimate of drug-likeness (QED) is 0.761. The molecule has 17 heavy (non-hydrogen) atoms. The van der Waals surface area contributed by atoms with E-state index < -0.39 is 5.95 Å². The molecular weight excluding hydrogens is 221 g/mol. The van der Waals surface area contributed by atoms with Crippen LogP contribution >= 0.6 is 0 Å². The van der Waals surface area contributed by atoms with Crippen molar-refractivity contribution in [3.63, 3.8) is 0 Å². The van der Waals surface area contributed by atoms with Gasteiger partial charge in [0.2, 0.25) is 0 Å². The Morgan fingerprint density at radius 3 is 3.12 bits per heavy atom. The third-order valence-electron chi connectivity index (χ3n) is 2.79. The molecule has 0 spiro atoms. The number of aromatic nitrogens is 3. The Balaban J connectivity index is 1.71. The third-order valence-corrected chi connectivity index (χ3v) is 2.79. The number of hydrogen-bond donors (Lipinski definition) is 0. The lowest BCUT2D eigenvalue weighted by Crippen LogP contribution is -2.04. The second kappa shape index (κ2) is 4.16. The van der Waals surface area contributed by atoms with Gasteiger partial charge in [-0.05, 0) is 25.0 Å². The number of hydrogen-bond acceptors (Lipinski definition) is 3. The van der Waals surface area contributed by atoms with Crippen molar-refractivity contribution in [1.29, 1.82) is 0 Å². The van der Waals surface area contributed by atoms with E-state index in [2.05, 4.69) is 14.5 Å². The summed E-state index contributed by atoms with van der Waals surface area (Å²) in [6.45, 7) is 0.319. The van der Waals surface area contributed by atoms with Crippen LogP contribution in [-0.2, 0) is 6.61 Å². The van der Waals surface area contributed by atoms with Crippen molar-refractivity contribution in [2.45, 2.75) is 25.5 Å². The van der Waals surface area contributed by atoms with Gasteiger partial charge in [0.25, 0.3) is 5.95 Å². The summed E-state index contributed by atoms with van der Waals surface area (Å²) in [7, 11) is 0. The highest BCUT2D eigenvalue weighted by atomic mass is 19.1. The van der Waals surface area contributed by atoms with Crippen LogP contribution in [0.1, 0.15) is 24.6 Å². The van der Waals surface area contributed by atoms with Crippen LogP contribution in [0.15, 0.2) is 30.9 Å². The zero-order valence-corrected chi connectivity index (χ0v) is 9.21. The van der Waals surface area contributed by atoms with Crippen molar-refractivity contribution in [3.05, 3.63) is 42.5 Å². The van der Waals surface area contributed by atoms with Gasteiger partial charge in [0.15, 0.2) is 5.75 Å². The lowest BCUT2D eigenvalue weighted by Gasteiger charge is -2.08. The molecule has 1 fully saturated rings. The zero-order valence-electron chi connectivity index (χ0n) is 9.21. The molecule has 0 N–H and O–H groups in total. The Kier molecular flexibility index (Phi) is 2.51. The standard InChI is InChI=1S/C12H12FN3O/c13-12-11(2-1-5-15-12)17-7-10-6-14-8-16(10)9-3-4-9/h1-2,5-6,8-9H,3-4,7H2. The minimum Gasteiger partial charge on any atom is -0.483 e. The van der Waals surface area contributed by atoms with Crippen molar-refractivity contribution in [2.75, 3.05) is 0 Å². The van der Waals surface area contributed by atoms with Gasteiger partial charge < -0.3 is 9.30 Å². The smallest absolute Gasteiger partial charge is 0.255 e. The van der Waals surface area contributed by atoms with Crippen LogP contribution in [0.4, 0.5) is 4.39 Å². The van der Waals surface area contributed by atoms with Crippen molar-refractivity contribution in [3.8, 4) is 5.75 Å². The molecule has 0 atom stereocenters. The van der Waals surface area contributed by atoms with E-state index in [1.54, 1.807) is 24.7 Å². The Bertz CT molecular complexity index is 522. The molecule has 5 heteroatoms. The van der Waals surface area contributed by atoms with Crippen LogP contribution in [0.5, 0.6) is 5.75 Å². The van der Waals surface area contributed by atoms with E-state index in [1.165, 1.54) is 19.0 Å². The van der Waals surface area contributed by atoms with Gasteiger partial charge in [0.05, 0.1) is 18.2 Å². The fraction of sp³-hybridized carbons (Fsp3) is 0.333. The lowest BCUT2D eigenvalue weighted by atomic mass is 10.4. The Morgan fingerprint density at radius 2 is 2.35 bits per heavy atom. The monoisotopic (exact) mass is 233 g/mol. The molecular formula is C12H12FN3O. The summed E-state index contributed by atoms with van der Waals surface area (Å²) in [4.78, 5) is 7.63. The fourth-order valence-electron chi connectivity index (χ4n) is 1.76. The molecule has 1 saturated carbocycles. The summed E-state index contributed by atoms with van der Waals surface area (Å²) < 4.78 is 20.7. The molecule has 2 heterocycles. The molecule has 0 unspecified atom stereocenters. The molecule has 1 aliphatic rings. The number of ether oxygens (including phenoxy) is 1. The maximum atomic E-state index is 13.2. The number of nitrogens with zero attached hydrogens (tertiary/aromatic N) is 3. The minimum atomic E-state index is -0.579. The van der Waals surface area contributed by atoms with Gasteiger partial charge in [-0.15, -0.1) is 0 Å². The van der Waals surface area contributed by atoms with E-state index in [4.69, 9.17) is 4.74 Å². The fourth-order valence-corrected chi connectivity index (χ4v) is 1.76. The van der Waals surface area contributed by atoms with Gasteiger partial charge in [-0.1, -0.05) is 0 Å². The van der Waals surface area contributed by atoms with E-state index in [1.807, 2.05) is 0 Å². The summed E-state index contributed by atoms with van der Waals surface area (Å²) in [6.07, 6.45) is 7.33. The first-order valence-corrected chi connectivity index (χ1v) is 5.58. The van der Waals surface area contributed by atoms with Crippen LogP contribution in [0.25, 0.3) is 0 Å².